The first-order valence-electron chi connectivity index (χ1n) is 6.72. The summed E-state index contributed by atoms with van der Waals surface area (Å²) in [4.78, 5) is 22.9. The summed E-state index contributed by atoms with van der Waals surface area (Å²) >= 11 is 0. The molecule has 23 heavy (non-hydrogen) atoms. The average molecular weight is 310 g/mol. The molecule has 0 radical (unpaired) electrons. The van der Waals surface area contributed by atoms with E-state index in [-0.39, 0.29) is 12.5 Å². The summed E-state index contributed by atoms with van der Waals surface area (Å²) in [6, 6.07) is 13.2. The Morgan fingerprint density at radius 1 is 1.26 bits per heavy atom. The molecule has 0 aliphatic heterocycles. The highest BCUT2D eigenvalue weighted by molar-refractivity contribution is 5.92. The molecule has 1 N–H and O–H groups in total. The first-order valence-corrected chi connectivity index (χ1v) is 6.72. The van der Waals surface area contributed by atoms with E-state index in [2.05, 4.69) is 5.32 Å². The minimum Gasteiger partial charge on any atom is -0.497 e. The molecular weight excluding hydrogens is 296 g/mol. The van der Waals surface area contributed by atoms with Crippen LogP contribution in [0, 0.1) is 11.3 Å². The van der Waals surface area contributed by atoms with Crippen molar-refractivity contribution in [2.45, 2.75) is 0 Å². The fourth-order valence-electron chi connectivity index (χ4n) is 1.85. The van der Waals surface area contributed by atoms with Crippen molar-refractivity contribution >= 4 is 17.9 Å². The molecule has 1 amide bonds. The Labute approximate surface area is 133 Å². The molecule has 0 bridgehead atoms. The number of rotatable bonds is 6. The van der Waals surface area contributed by atoms with Gasteiger partial charge in [-0.05, 0) is 42.5 Å². The standard InChI is InChI=1S/C17H14N2O4/c1-22-15-6-7-16(13(8-15)10-20)23-11-17(21)19-14-4-2-12(9-18)3-5-14/h2-8,10H,11H2,1H3,(H,19,21). The largest absolute Gasteiger partial charge is 0.497 e. The average Bonchev–Trinajstić information content (AvgIpc) is 2.60. The van der Waals surface area contributed by atoms with E-state index in [1.54, 1.807) is 36.4 Å². The van der Waals surface area contributed by atoms with Gasteiger partial charge in [0.1, 0.15) is 11.5 Å². The van der Waals surface area contributed by atoms with Crippen LogP contribution < -0.4 is 14.8 Å². The number of anilines is 1. The monoisotopic (exact) mass is 310 g/mol. The Balaban J connectivity index is 1.96. The third-order valence-corrected chi connectivity index (χ3v) is 3.00. The zero-order valence-electron chi connectivity index (χ0n) is 12.4. The molecule has 0 unspecified atom stereocenters. The lowest BCUT2D eigenvalue weighted by atomic mass is 10.2. The SMILES string of the molecule is COc1ccc(OCC(=O)Nc2ccc(C#N)cc2)c(C=O)c1. The van der Waals surface area contributed by atoms with Gasteiger partial charge in [0.15, 0.2) is 12.9 Å². The fraction of sp³-hybridized carbons (Fsp3) is 0.118. The lowest BCUT2D eigenvalue weighted by Gasteiger charge is -2.10. The second kappa shape index (κ2) is 7.61. The van der Waals surface area contributed by atoms with E-state index in [0.29, 0.717) is 34.6 Å². The summed E-state index contributed by atoms with van der Waals surface area (Å²) in [6.07, 6.45) is 0.635. The molecule has 0 aromatic heterocycles. The van der Waals surface area contributed by atoms with Gasteiger partial charge in [0.05, 0.1) is 24.3 Å². The summed E-state index contributed by atoms with van der Waals surface area (Å²) in [5.41, 5.74) is 1.37. The summed E-state index contributed by atoms with van der Waals surface area (Å²) in [5, 5.41) is 11.3. The van der Waals surface area contributed by atoms with Crippen LogP contribution in [0.25, 0.3) is 0 Å². The van der Waals surface area contributed by atoms with Crippen LogP contribution in [0.15, 0.2) is 42.5 Å². The van der Waals surface area contributed by atoms with Gasteiger partial charge >= 0.3 is 0 Å². The van der Waals surface area contributed by atoms with Crippen LogP contribution >= 0.6 is 0 Å². The van der Waals surface area contributed by atoms with Crippen LogP contribution in [0.1, 0.15) is 15.9 Å². The Bertz CT molecular complexity index is 748. The first-order chi connectivity index (χ1) is 11.2. The third kappa shape index (κ3) is 4.32. The zero-order chi connectivity index (χ0) is 16.7. The van der Waals surface area contributed by atoms with Crippen molar-refractivity contribution in [1.29, 1.82) is 5.26 Å². The van der Waals surface area contributed by atoms with Gasteiger partial charge in [-0.15, -0.1) is 0 Å². The predicted molar refractivity (Wildman–Crippen MR) is 83.7 cm³/mol. The Morgan fingerprint density at radius 3 is 2.61 bits per heavy atom. The second-order valence-corrected chi connectivity index (χ2v) is 4.55. The van der Waals surface area contributed by atoms with Gasteiger partial charge in [0, 0.05) is 5.69 Å². The molecule has 0 heterocycles. The van der Waals surface area contributed by atoms with Crippen molar-refractivity contribution in [2.24, 2.45) is 0 Å². The van der Waals surface area contributed by atoms with Gasteiger partial charge in [-0.25, -0.2) is 0 Å². The number of nitrogens with one attached hydrogen (secondary N) is 1. The molecule has 6 nitrogen and oxygen atoms in total. The van der Waals surface area contributed by atoms with E-state index in [1.165, 1.54) is 13.2 Å². The van der Waals surface area contributed by atoms with Gasteiger partial charge in [0.25, 0.3) is 5.91 Å². The number of methoxy groups -OCH3 is 1. The first kappa shape index (κ1) is 16.0. The molecule has 0 fully saturated rings. The molecule has 0 aliphatic carbocycles. The number of benzene rings is 2. The van der Waals surface area contributed by atoms with Crippen LogP contribution in [-0.2, 0) is 4.79 Å². The summed E-state index contributed by atoms with van der Waals surface area (Å²) < 4.78 is 10.4. The van der Waals surface area contributed by atoms with Gasteiger partial charge < -0.3 is 14.8 Å². The maximum atomic E-state index is 11.8. The molecule has 0 spiro atoms. The Hall–Kier alpha value is -3.33. The van der Waals surface area contributed by atoms with Gasteiger partial charge in [-0.2, -0.15) is 5.26 Å². The molecule has 116 valence electrons. The normalized spacial score (nSPS) is 9.57. The van der Waals surface area contributed by atoms with Crippen molar-refractivity contribution in [3.05, 3.63) is 53.6 Å². The smallest absolute Gasteiger partial charge is 0.262 e. The molecule has 0 aliphatic rings. The van der Waals surface area contributed by atoms with Crippen molar-refractivity contribution in [3.63, 3.8) is 0 Å². The van der Waals surface area contributed by atoms with Crippen LogP contribution in [-0.4, -0.2) is 25.9 Å². The van der Waals surface area contributed by atoms with E-state index >= 15 is 0 Å². The third-order valence-electron chi connectivity index (χ3n) is 3.00. The van der Waals surface area contributed by atoms with Gasteiger partial charge in [0.2, 0.25) is 0 Å². The van der Waals surface area contributed by atoms with Crippen molar-refractivity contribution < 1.29 is 19.1 Å². The van der Waals surface area contributed by atoms with E-state index in [9.17, 15) is 9.59 Å². The zero-order valence-corrected chi connectivity index (χ0v) is 12.4. The molecule has 2 aromatic rings. The predicted octanol–water partition coefficient (Wildman–Crippen LogP) is 2.40. The van der Waals surface area contributed by atoms with Crippen molar-refractivity contribution in [3.8, 4) is 17.6 Å². The number of nitriles is 1. The summed E-state index contributed by atoms with van der Waals surface area (Å²) in [7, 11) is 1.50. The number of amides is 1. The highest BCUT2D eigenvalue weighted by Gasteiger charge is 2.08. The summed E-state index contributed by atoms with van der Waals surface area (Å²) in [5.74, 6) is 0.458. The fourth-order valence-corrected chi connectivity index (χ4v) is 1.85. The number of hydrogen-bond acceptors (Lipinski definition) is 5. The molecule has 0 saturated carbocycles. The maximum absolute atomic E-state index is 11.8. The molecular formula is C17H14N2O4. The van der Waals surface area contributed by atoms with Crippen LogP contribution in [0.2, 0.25) is 0 Å². The minimum absolute atomic E-state index is 0.243. The van der Waals surface area contributed by atoms with E-state index in [0.717, 1.165) is 0 Å². The van der Waals surface area contributed by atoms with E-state index in [4.69, 9.17) is 14.7 Å². The minimum atomic E-state index is -0.373. The van der Waals surface area contributed by atoms with Crippen molar-refractivity contribution in [1.82, 2.24) is 0 Å². The van der Waals surface area contributed by atoms with Crippen LogP contribution in [0.3, 0.4) is 0 Å². The molecule has 0 atom stereocenters. The molecule has 6 heteroatoms. The Morgan fingerprint density at radius 2 is 2.00 bits per heavy atom. The molecule has 2 rings (SSSR count). The highest BCUT2D eigenvalue weighted by atomic mass is 16.5. The van der Waals surface area contributed by atoms with E-state index < -0.39 is 0 Å². The molecule has 2 aromatic carbocycles. The Kier molecular flexibility index (Phi) is 5.31. The van der Waals surface area contributed by atoms with Gasteiger partial charge in [-0.1, -0.05) is 0 Å². The number of carbonyl (C=O) groups excluding carboxylic acids is 2. The second-order valence-electron chi connectivity index (χ2n) is 4.55. The highest BCUT2D eigenvalue weighted by Crippen LogP contribution is 2.22. The lowest BCUT2D eigenvalue weighted by molar-refractivity contribution is -0.118. The molecule has 0 saturated heterocycles. The number of nitrogens with zero attached hydrogens (tertiary/aromatic N) is 1. The van der Waals surface area contributed by atoms with Crippen molar-refractivity contribution in [2.75, 3.05) is 19.0 Å². The quantitative estimate of drug-likeness (QED) is 0.828. The van der Waals surface area contributed by atoms with Gasteiger partial charge in [-0.3, -0.25) is 9.59 Å². The number of hydrogen-bond donors (Lipinski definition) is 1. The topological polar surface area (TPSA) is 88.4 Å². The number of aldehydes is 1. The number of ether oxygens (including phenoxy) is 2. The van der Waals surface area contributed by atoms with Crippen LogP contribution in [0.4, 0.5) is 5.69 Å². The van der Waals surface area contributed by atoms with E-state index in [1.807, 2.05) is 6.07 Å². The van der Waals surface area contributed by atoms with Crippen LogP contribution in [0.5, 0.6) is 11.5 Å². The lowest BCUT2D eigenvalue weighted by Crippen LogP contribution is -2.20. The maximum Gasteiger partial charge on any atom is 0.262 e. The summed E-state index contributed by atoms with van der Waals surface area (Å²) in [6.45, 7) is -0.243. The number of carbonyl (C=O) groups is 2.